The predicted molar refractivity (Wildman–Crippen MR) is 163 cm³/mol. The monoisotopic (exact) mass is 613 g/mol. The molecule has 0 saturated heterocycles. The van der Waals surface area contributed by atoms with Crippen LogP contribution in [0.5, 0.6) is 11.5 Å². The Morgan fingerprint density at radius 3 is 2.07 bits per heavy atom. The van der Waals surface area contributed by atoms with E-state index < -0.39 is 16.4 Å². The number of ether oxygens (including phenoxy) is 2. The van der Waals surface area contributed by atoms with Crippen LogP contribution in [0.4, 0.5) is 0 Å². The summed E-state index contributed by atoms with van der Waals surface area (Å²) in [6, 6.07) is 20.6. The van der Waals surface area contributed by atoms with Gasteiger partial charge in [-0.3, -0.25) is 14.1 Å². The second-order valence-electron chi connectivity index (χ2n) is 9.58. The van der Waals surface area contributed by atoms with Gasteiger partial charge in [0.25, 0.3) is 0 Å². The lowest BCUT2D eigenvalue weighted by Gasteiger charge is -2.16. The molecule has 3 N–H and O–H groups in total. The highest BCUT2D eigenvalue weighted by Gasteiger charge is 2.10. The van der Waals surface area contributed by atoms with Crippen LogP contribution in [0, 0.1) is 0 Å². The number of rotatable bonds is 13. The van der Waals surface area contributed by atoms with E-state index in [9.17, 15) is 4.79 Å². The molecule has 0 aliphatic heterocycles. The Morgan fingerprint density at radius 2 is 1.48 bits per heavy atom. The molecule has 0 amide bonds. The predicted octanol–water partition coefficient (Wildman–Crippen LogP) is 7.70. The van der Waals surface area contributed by atoms with Crippen LogP contribution in [-0.2, 0) is 23.6 Å². The van der Waals surface area contributed by atoms with Crippen molar-refractivity contribution in [3.63, 3.8) is 0 Å². The topological polar surface area (TPSA) is 143 Å². The number of hydrogen-bond acceptors (Lipinski definition) is 7. The molecular formula is C31H35NO8S2. The highest BCUT2D eigenvalue weighted by molar-refractivity contribution is 7.79. The van der Waals surface area contributed by atoms with Crippen molar-refractivity contribution in [2.75, 3.05) is 0 Å². The van der Waals surface area contributed by atoms with Gasteiger partial charge < -0.3 is 14.6 Å². The number of aromatic carboxylic acids is 1. The number of carboxylic acid groups (broad SMARTS) is 1. The molecule has 11 heteroatoms. The molecule has 42 heavy (non-hydrogen) atoms. The maximum Gasteiger partial charge on any atom is 0.394 e. The van der Waals surface area contributed by atoms with E-state index in [0.29, 0.717) is 24.9 Å². The van der Waals surface area contributed by atoms with Gasteiger partial charge in [-0.25, -0.2) is 4.79 Å². The molecule has 2 aromatic carbocycles. The zero-order valence-electron chi connectivity index (χ0n) is 23.5. The number of thiophene rings is 1. The first-order chi connectivity index (χ1) is 20.1. The van der Waals surface area contributed by atoms with E-state index in [0.717, 1.165) is 27.3 Å². The van der Waals surface area contributed by atoms with Gasteiger partial charge in [-0.15, -0.1) is 11.3 Å². The summed E-state index contributed by atoms with van der Waals surface area (Å²) < 4.78 is 43.4. The maximum absolute atomic E-state index is 11.1. The van der Waals surface area contributed by atoms with Crippen molar-refractivity contribution < 1.29 is 36.9 Å². The van der Waals surface area contributed by atoms with E-state index in [2.05, 4.69) is 78.8 Å². The summed E-state index contributed by atoms with van der Waals surface area (Å²) in [5.41, 5.74) is 4.89. The van der Waals surface area contributed by atoms with Gasteiger partial charge in [-0.1, -0.05) is 63.1 Å². The summed E-state index contributed by atoms with van der Waals surface area (Å²) in [7, 11) is -4.67. The Morgan fingerprint density at radius 1 is 0.857 bits per heavy atom. The van der Waals surface area contributed by atoms with Crippen molar-refractivity contribution in [3.05, 3.63) is 100 Å². The molecule has 0 aliphatic rings. The van der Waals surface area contributed by atoms with Crippen LogP contribution in [0.25, 0.3) is 11.1 Å². The first-order valence-electron chi connectivity index (χ1n) is 13.5. The fourth-order valence-corrected chi connectivity index (χ4v) is 5.15. The third-order valence-corrected chi connectivity index (χ3v) is 7.22. The average Bonchev–Trinajstić information content (AvgIpc) is 3.44. The van der Waals surface area contributed by atoms with Crippen molar-refractivity contribution in [2.45, 2.75) is 58.7 Å². The third kappa shape index (κ3) is 11.2. The highest BCUT2D eigenvalue weighted by Crippen LogP contribution is 2.29. The van der Waals surface area contributed by atoms with Crippen LogP contribution < -0.4 is 9.47 Å². The van der Waals surface area contributed by atoms with Crippen LogP contribution in [0.15, 0.2) is 78.4 Å². The summed E-state index contributed by atoms with van der Waals surface area (Å²) >= 11 is 1.61. The molecule has 4 rings (SSSR count). The van der Waals surface area contributed by atoms with Crippen molar-refractivity contribution in [1.29, 1.82) is 0 Å². The molecule has 0 spiro atoms. The molecule has 0 bridgehead atoms. The van der Waals surface area contributed by atoms with Gasteiger partial charge in [0.15, 0.2) is 0 Å². The molecule has 9 nitrogen and oxygen atoms in total. The largest absolute Gasteiger partial charge is 0.489 e. The Bertz CT molecular complexity index is 1500. The van der Waals surface area contributed by atoms with E-state index in [1.807, 2.05) is 0 Å². The number of nitrogens with zero attached hydrogens (tertiary/aromatic N) is 1. The zero-order valence-corrected chi connectivity index (χ0v) is 25.1. The van der Waals surface area contributed by atoms with Crippen LogP contribution >= 0.6 is 11.3 Å². The standard InChI is InChI=1S/C31H33NO4S.H2O4S/c1-3-5-23(6-4-2)24-11-13-28(14-12-24)35-19-22-7-9-25(10-8-22)27-16-30(37-21-27)20-36-29-15-26(31(33)34)17-32-18-29;1-5(2,3)4/h7-18,21,23H,3-6,19-20H2,1-2H3,(H,33,34);(H2,1,2,3,4). The highest BCUT2D eigenvalue weighted by atomic mass is 32.3. The van der Waals surface area contributed by atoms with E-state index in [-0.39, 0.29) is 5.56 Å². The fraction of sp³-hybridized carbons (Fsp3) is 0.290. The number of carbonyl (C=O) groups is 1. The number of aromatic nitrogens is 1. The number of benzene rings is 2. The second-order valence-corrected chi connectivity index (χ2v) is 11.5. The molecule has 0 radical (unpaired) electrons. The average molecular weight is 614 g/mol. The van der Waals surface area contributed by atoms with Crippen molar-refractivity contribution in [1.82, 2.24) is 4.98 Å². The minimum atomic E-state index is -4.67. The Kier molecular flexibility index (Phi) is 12.5. The summed E-state index contributed by atoms with van der Waals surface area (Å²) in [4.78, 5) is 16.1. The quantitative estimate of drug-likeness (QED) is 0.129. The molecule has 224 valence electrons. The van der Waals surface area contributed by atoms with Gasteiger partial charge in [0.05, 0.1) is 11.8 Å². The SMILES string of the molecule is CCCC(CCC)c1ccc(OCc2ccc(-c3csc(COc4cncc(C(=O)O)c4)c3)cc2)cc1.O=S(=O)(O)O. The summed E-state index contributed by atoms with van der Waals surface area (Å²) in [5.74, 6) is 0.953. The molecule has 0 aliphatic carbocycles. The smallest absolute Gasteiger partial charge is 0.394 e. The minimum Gasteiger partial charge on any atom is -0.489 e. The molecule has 0 saturated carbocycles. The van der Waals surface area contributed by atoms with Crippen LogP contribution in [0.1, 0.15) is 71.8 Å². The van der Waals surface area contributed by atoms with Crippen molar-refractivity contribution in [2.24, 2.45) is 0 Å². The van der Waals surface area contributed by atoms with Gasteiger partial charge in [0.1, 0.15) is 24.7 Å². The van der Waals surface area contributed by atoms with Gasteiger partial charge in [-0.2, -0.15) is 8.42 Å². The maximum atomic E-state index is 11.1. The van der Waals surface area contributed by atoms with Gasteiger partial charge in [0.2, 0.25) is 0 Å². The molecule has 0 atom stereocenters. The van der Waals surface area contributed by atoms with Crippen molar-refractivity contribution in [3.8, 4) is 22.6 Å². The Balaban J connectivity index is 0.000000892. The van der Waals surface area contributed by atoms with Gasteiger partial charge in [0, 0.05) is 11.1 Å². The Hall–Kier alpha value is -3.77. The van der Waals surface area contributed by atoms with Crippen molar-refractivity contribution >= 4 is 27.7 Å². The molecular weight excluding hydrogens is 578 g/mol. The normalized spacial score (nSPS) is 11.1. The molecule has 2 aromatic heterocycles. The number of pyridine rings is 1. The lowest BCUT2D eigenvalue weighted by atomic mass is 9.90. The molecule has 2 heterocycles. The second kappa shape index (κ2) is 16.0. The first kappa shape index (κ1) is 32.7. The van der Waals surface area contributed by atoms with Gasteiger partial charge >= 0.3 is 16.4 Å². The minimum absolute atomic E-state index is 0.109. The summed E-state index contributed by atoms with van der Waals surface area (Å²) in [6.45, 7) is 5.39. The van der Waals surface area contributed by atoms with E-state index >= 15 is 0 Å². The molecule has 0 fully saturated rings. The van der Waals surface area contributed by atoms with E-state index in [1.165, 1.54) is 49.7 Å². The first-order valence-corrected chi connectivity index (χ1v) is 15.7. The summed E-state index contributed by atoms with van der Waals surface area (Å²) in [5, 5.41) is 11.2. The fourth-order valence-electron chi connectivity index (χ4n) is 4.35. The lowest BCUT2D eigenvalue weighted by Crippen LogP contribution is -1.99. The number of carboxylic acids is 1. The van der Waals surface area contributed by atoms with Crippen LogP contribution in [-0.4, -0.2) is 33.6 Å². The number of hydrogen-bond donors (Lipinski definition) is 3. The van der Waals surface area contributed by atoms with Crippen LogP contribution in [0.2, 0.25) is 0 Å². The van der Waals surface area contributed by atoms with E-state index in [1.54, 1.807) is 11.3 Å². The lowest BCUT2D eigenvalue weighted by molar-refractivity contribution is 0.0695. The summed E-state index contributed by atoms with van der Waals surface area (Å²) in [6.07, 6.45) is 7.71. The molecule has 4 aromatic rings. The zero-order chi connectivity index (χ0) is 30.5. The molecule has 0 unspecified atom stereocenters. The third-order valence-electron chi connectivity index (χ3n) is 6.31. The Labute approximate surface area is 250 Å². The van der Waals surface area contributed by atoms with Crippen LogP contribution in [0.3, 0.4) is 0 Å². The van der Waals surface area contributed by atoms with E-state index in [4.69, 9.17) is 32.1 Å². The van der Waals surface area contributed by atoms with Gasteiger partial charge in [-0.05, 0) is 70.7 Å².